The first-order valence-electron chi connectivity index (χ1n) is 14.2. The van der Waals surface area contributed by atoms with Gasteiger partial charge in [-0.25, -0.2) is 0 Å². The first-order valence-corrected chi connectivity index (χ1v) is 14.6. The Morgan fingerprint density at radius 1 is 1.05 bits per heavy atom. The van der Waals surface area contributed by atoms with E-state index in [1.165, 1.54) is 39.0 Å². The molecule has 2 N–H and O–H groups in total. The molecule has 6 heteroatoms. The number of unbranched alkanes of at least 4 members (excludes halogenated alkanes) is 1. The van der Waals surface area contributed by atoms with Crippen molar-refractivity contribution in [2.24, 2.45) is 11.8 Å². The summed E-state index contributed by atoms with van der Waals surface area (Å²) in [6.07, 6.45) is 10.5. The van der Waals surface area contributed by atoms with E-state index in [-0.39, 0.29) is 11.7 Å². The van der Waals surface area contributed by atoms with Crippen molar-refractivity contribution in [2.45, 2.75) is 76.7 Å². The largest absolute Gasteiger partial charge is 0.385 e. The van der Waals surface area contributed by atoms with E-state index in [2.05, 4.69) is 10.6 Å². The van der Waals surface area contributed by atoms with Crippen LogP contribution in [0.4, 0.5) is 0 Å². The third kappa shape index (κ3) is 8.65. The van der Waals surface area contributed by atoms with Gasteiger partial charge in [0.25, 0.3) is 0 Å². The van der Waals surface area contributed by atoms with Crippen molar-refractivity contribution < 1.29 is 14.3 Å². The molecule has 1 aliphatic carbocycles. The number of hydrogen-bond acceptors (Lipinski definition) is 4. The van der Waals surface area contributed by atoms with E-state index in [0.717, 1.165) is 42.9 Å². The molecule has 0 heterocycles. The number of carbonyl (C=O) groups excluding carboxylic acids is 2. The molecule has 3 rings (SSSR count). The van der Waals surface area contributed by atoms with Gasteiger partial charge in [0.05, 0.1) is 5.54 Å². The van der Waals surface area contributed by atoms with E-state index >= 15 is 0 Å². The summed E-state index contributed by atoms with van der Waals surface area (Å²) in [7, 11) is 3.66. The summed E-state index contributed by atoms with van der Waals surface area (Å²) in [6, 6.07) is 15.5. The van der Waals surface area contributed by atoms with Crippen LogP contribution in [0.25, 0.3) is 0 Å². The summed E-state index contributed by atoms with van der Waals surface area (Å²) in [4.78, 5) is 26.2. The number of carbonyl (C=O) groups is 2. The van der Waals surface area contributed by atoms with Crippen molar-refractivity contribution in [1.29, 1.82) is 0 Å². The maximum Gasteiger partial charge on any atom is 0.217 e. The lowest BCUT2D eigenvalue weighted by Gasteiger charge is -2.36. The van der Waals surface area contributed by atoms with Crippen LogP contribution in [-0.2, 0) is 15.1 Å². The predicted molar refractivity (Wildman–Crippen MR) is 156 cm³/mol. The lowest BCUT2D eigenvalue weighted by atomic mass is 9.77. The number of ketones is 1. The van der Waals surface area contributed by atoms with E-state index in [9.17, 15) is 9.59 Å². The number of hydrogen-bond donors (Lipinski definition) is 2. The Kier molecular flexibility index (Phi) is 12.3. The van der Waals surface area contributed by atoms with Gasteiger partial charge in [-0.05, 0) is 80.4 Å². The van der Waals surface area contributed by atoms with Crippen LogP contribution in [0.5, 0.6) is 0 Å². The highest BCUT2D eigenvalue weighted by atomic mass is 35.5. The summed E-state index contributed by atoms with van der Waals surface area (Å²) in [5.74, 6) is 1.07. The highest BCUT2D eigenvalue weighted by Crippen LogP contribution is 2.37. The van der Waals surface area contributed by atoms with Crippen LogP contribution in [0, 0.1) is 11.8 Å². The summed E-state index contributed by atoms with van der Waals surface area (Å²) in [5, 5.41) is 7.17. The van der Waals surface area contributed by atoms with E-state index in [4.69, 9.17) is 16.3 Å². The third-order valence-electron chi connectivity index (χ3n) is 7.89. The zero-order valence-electron chi connectivity index (χ0n) is 23.4. The zero-order chi connectivity index (χ0) is 27.4. The summed E-state index contributed by atoms with van der Waals surface area (Å²) in [5.41, 5.74) is 1.71. The molecule has 208 valence electrons. The standard InChI is InChI=1S/C32H45ClN2O3/c1-24(36)35-32(17-7-8-18-38-3,29-15-10-16-30(33)22-29)28-14-9-13-27(21-28)31(37)20-26(23-34-2)19-25-11-5-4-6-12-25/h9-10,13-16,21-22,25-26,34H,4-8,11-12,17-20,23H2,1-3H3,(H,35,36)/t26-,32+/m1/s1. The number of halogens is 1. The number of amides is 1. The maximum atomic E-state index is 13.6. The SMILES string of the molecule is CNC[C@@H](CC(=O)c1cccc([C@](CCCCOC)(NC(C)=O)c2cccc(Cl)c2)c1)CC1CCCCC1. The van der Waals surface area contributed by atoms with Gasteiger partial charge >= 0.3 is 0 Å². The molecule has 1 amide bonds. The minimum Gasteiger partial charge on any atom is -0.385 e. The molecule has 1 aliphatic rings. The van der Waals surface area contributed by atoms with E-state index < -0.39 is 5.54 Å². The van der Waals surface area contributed by atoms with E-state index in [0.29, 0.717) is 36.0 Å². The zero-order valence-corrected chi connectivity index (χ0v) is 24.1. The molecule has 0 spiro atoms. The van der Waals surface area contributed by atoms with Crippen LogP contribution in [0.3, 0.4) is 0 Å². The van der Waals surface area contributed by atoms with Gasteiger partial charge in [-0.1, -0.05) is 74.0 Å². The minimum absolute atomic E-state index is 0.130. The molecule has 0 bridgehead atoms. The summed E-state index contributed by atoms with van der Waals surface area (Å²) in [6.45, 7) is 3.04. The molecule has 5 nitrogen and oxygen atoms in total. The molecule has 0 saturated heterocycles. The number of Topliss-reactive ketones (excluding diaryl/α,β-unsaturated/α-hetero) is 1. The first kappa shape index (κ1) is 30.3. The van der Waals surface area contributed by atoms with E-state index in [1.807, 2.05) is 55.6 Å². The molecule has 0 unspecified atom stereocenters. The van der Waals surface area contributed by atoms with Gasteiger partial charge in [-0.15, -0.1) is 0 Å². The Bertz CT molecular complexity index is 1040. The lowest BCUT2D eigenvalue weighted by molar-refractivity contribution is -0.120. The van der Waals surface area contributed by atoms with Gasteiger partial charge < -0.3 is 15.4 Å². The fourth-order valence-corrected chi connectivity index (χ4v) is 6.30. The fourth-order valence-electron chi connectivity index (χ4n) is 6.11. The van der Waals surface area contributed by atoms with Gasteiger partial charge in [0.15, 0.2) is 5.78 Å². The second kappa shape index (κ2) is 15.4. The molecule has 2 aromatic rings. The Morgan fingerprint density at radius 3 is 2.42 bits per heavy atom. The van der Waals surface area contributed by atoms with Crippen LogP contribution in [0.1, 0.15) is 92.6 Å². The summed E-state index contributed by atoms with van der Waals surface area (Å²) < 4.78 is 5.27. The number of ether oxygens (including phenoxy) is 1. The van der Waals surface area contributed by atoms with Crippen LogP contribution in [0.2, 0.25) is 5.02 Å². The second-order valence-corrected chi connectivity index (χ2v) is 11.4. The highest BCUT2D eigenvalue weighted by Gasteiger charge is 2.35. The quantitative estimate of drug-likeness (QED) is 0.190. The predicted octanol–water partition coefficient (Wildman–Crippen LogP) is 6.92. The molecule has 2 atom stereocenters. The number of benzene rings is 2. The van der Waals surface area contributed by atoms with Crippen molar-refractivity contribution in [3.8, 4) is 0 Å². The Hall–Kier alpha value is -2.21. The van der Waals surface area contributed by atoms with Gasteiger partial charge in [-0.3, -0.25) is 9.59 Å². The molecule has 1 saturated carbocycles. The van der Waals surface area contributed by atoms with Gasteiger partial charge in [-0.2, -0.15) is 0 Å². The molecule has 0 aliphatic heterocycles. The Balaban J connectivity index is 1.92. The van der Waals surface area contributed by atoms with Gasteiger partial charge in [0.1, 0.15) is 0 Å². The lowest BCUT2D eigenvalue weighted by Crippen LogP contribution is -2.46. The third-order valence-corrected chi connectivity index (χ3v) is 8.13. The molecular weight excluding hydrogens is 496 g/mol. The van der Waals surface area contributed by atoms with Gasteiger partial charge in [0, 0.05) is 37.6 Å². The van der Waals surface area contributed by atoms with Crippen molar-refractivity contribution in [1.82, 2.24) is 10.6 Å². The van der Waals surface area contributed by atoms with Crippen LogP contribution >= 0.6 is 11.6 Å². The van der Waals surface area contributed by atoms with Crippen LogP contribution in [0.15, 0.2) is 48.5 Å². The molecule has 2 aromatic carbocycles. The average Bonchev–Trinajstić information content (AvgIpc) is 2.91. The van der Waals surface area contributed by atoms with Crippen LogP contribution < -0.4 is 10.6 Å². The minimum atomic E-state index is -0.798. The molecular formula is C32H45ClN2O3. The molecule has 0 radical (unpaired) electrons. The van der Waals surface area contributed by atoms with Crippen molar-refractivity contribution in [2.75, 3.05) is 27.3 Å². The van der Waals surface area contributed by atoms with Crippen molar-refractivity contribution in [3.05, 3.63) is 70.2 Å². The first-order chi connectivity index (χ1) is 18.4. The number of rotatable bonds is 15. The normalized spacial score (nSPS) is 16.5. The van der Waals surface area contributed by atoms with Crippen molar-refractivity contribution >= 4 is 23.3 Å². The molecule has 0 aromatic heterocycles. The summed E-state index contributed by atoms with van der Waals surface area (Å²) >= 11 is 6.41. The number of methoxy groups -OCH3 is 1. The molecule has 1 fully saturated rings. The second-order valence-electron chi connectivity index (χ2n) is 10.9. The Morgan fingerprint density at radius 2 is 1.76 bits per heavy atom. The topological polar surface area (TPSA) is 67.4 Å². The molecule has 38 heavy (non-hydrogen) atoms. The maximum absolute atomic E-state index is 13.6. The van der Waals surface area contributed by atoms with Gasteiger partial charge in [0.2, 0.25) is 5.91 Å². The highest BCUT2D eigenvalue weighted by molar-refractivity contribution is 6.30. The average molecular weight is 541 g/mol. The fraction of sp³-hybridized carbons (Fsp3) is 0.562. The monoisotopic (exact) mass is 540 g/mol. The van der Waals surface area contributed by atoms with Crippen molar-refractivity contribution in [3.63, 3.8) is 0 Å². The Labute approximate surface area is 234 Å². The smallest absolute Gasteiger partial charge is 0.217 e. The number of nitrogens with one attached hydrogen (secondary N) is 2. The van der Waals surface area contributed by atoms with E-state index in [1.54, 1.807) is 7.11 Å². The van der Waals surface area contributed by atoms with Crippen LogP contribution in [-0.4, -0.2) is 39.0 Å².